The summed E-state index contributed by atoms with van der Waals surface area (Å²) in [5.41, 5.74) is 1.58. The smallest absolute Gasteiger partial charge is 0.361 e. The Labute approximate surface area is 247 Å². The molecule has 0 atom stereocenters. The summed E-state index contributed by atoms with van der Waals surface area (Å²) in [6.07, 6.45) is -0.611. The van der Waals surface area contributed by atoms with Crippen LogP contribution in [-0.4, -0.2) is 35.0 Å². The van der Waals surface area contributed by atoms with Gasteiger partial charge < -0.3 is 9.30 Å². The summed E-state index contributed by atoms with van der Waals surface area (Å²) in [5.74, 6) is -0.0615. The molecule has 42 heavy (non-hydrogen) atoms. The number of nitrogens with zero attached hydrogens (tertiary/aromatic N) is 4. The van der Waals surface area contributed by atoms with Crippen LogP contribution in [0, 0.1) is 17.1 Å². The topological polar surface area (TPSA) is 63.7 Å². The van der Waals surface area contributed by atoms with Gasteiger partial charge >= 0.3 is 6.18 Å². The second kappa shape index (κ2) is 11.5. The third-order valence-electron chi connectivity index (χ3n) is 7.50. The van der Waals surface area contributed by atoms with Crippen molar-refractivity contribution in [3.8, 4) is 28.6 Å². The number of fused-ring (bicyclic) bond motifs is 1. The van der Waals surface area contributed by atoms with E-state index in [0.717, 1.165) is 41.6 Å². The Morgan fingerprint density at radius 1 is 1.07 bits per heavy atom. The molecule has 0 unspecified atom stereocenters. The van der Waals surface area contributed by atoms with E-state index in [0.29, 0.717) is 29.1 Å². The summed E-state index contributed by atoms with van der Waals surface area (Å²) >= 11 is 1.47. The molecule has 0 spiro atoms. The molecule has 1 aromatic carbocycles. The largest absolute Gasteiger partial charge is 0.417 e. The Kier molecular flexibility index (Phi) is 8.26. The molecule has 220 valence electrons. The van der Waals surface area contributed by atoms with E-state index in [9.17, 15) is 18.4 Å². The second-order valence-electron chi connectivity index (χ2n) is 11.8. The van der Waals surface area contributed by atoms with Crippen LogP contribution in [0.1, 0.15) is 30.9 Å². The van der Waals surface area contributed by atoms with Gasteiger partial charge in [-0.15, -0.1) is 11.8 Å². The number of aromatic nitrogens is 3. The minimum absolute atomic E-state index is 0.00532. The number of nitriles is 1. The lowest BCUT2D eigenvalue weighted by Gasteiger charge is -2.18. The van der Waals surface area contributed by atoms with Crippen molar-refractivity contribution in [3.63, 3.8) is 0 Å². The summed E-state index contributed by atoms with van der Waals surface area (Å²) in [6.45, 7) is 8.85. The monoisotopic (exact) mass is 612 g/mol. The highest BCUT2D eigenvalue weighted by molar-refractivity contribution is 7.99. The van der Waals surface area contributed by atoms with Crippen molar-refractivity contribution in [1.82, 2.24) is 14.5 Å². The first-order valence-electron chi connectivity index (χ1n) is 13.8. The number of hydrogen-bond acceptors (Lipinski definition) is 5. The van der Waals surface area contributed by atoms with Gasteiger partial charge in [-0.2, -0.15) is 18.4 Å². The summed E-state index contributed by atoms with van der Waals surface area (Å²) < 4.78 is 64.2. The van der Waals surface area contributed by atoms with Crippen LogP contribution in [0.2, 0.25) is 25.7 Å². The van der Waals surface area contributed by atoms with Crippen molar-refractivity contribution < 1.29 is 22.3 Å². The third kappa shape index (κ3) is 6.12. The molecule has 1 aliphatic rings. The molecule has 0 aliphatic heterocycles. The van der Waals surface area contributed by atoms with Crippen molar-refractivity contribution in [2.45, 2.75) is 68.7 Å². The van der Waals surface area contributed by atoms with Crippen LogP contribution in [-0.2, 0) is 23.1 Å². The maximum Gasteiger partial charge on any atom is 0.417 e. The van der Waals surface area contributed by atoms with Crippen molar-refractivity contribution >= 4 is 30.9 Å². The molecule has 1 fully saturated rings. The number of pyridine rings is 2. The number of ether oxygens (including phenoxy) is 1. The van der Waals surface area contributed by atoms with Gasteiger partial charge in [-0.1, -0.05) is 50.8 Å². The SMILES string of the molecule is CCSc1cc(-c2ccc(C3(C#N)CC3)cc2)cnc1-c1c(F)c2ncc(C(F)(F)F)cc2n1COCC[Si](C)(C)C. The van der Waals surface area contributed by atoms with Crippen LogP contribution in [0.25, 0.3) is 33.5 Å². The minimum Gasteiger partial charge on any atom is -0.361 e. The molecular weight excluding hydrogens is 581 g/mol. The zero-order valence-corrected chi connectivity index (χ0v) is 25.8. The van der Waals surface area contributed by atoms with Gasteiger partial charge in [0.25, 0.3) is 0 Å². The number of rotatable bonds is 10. The maximum absolute atomic E-state index is 16.1. The van der Waals surface area contributed by atoms with Crippen LogP contribution in [0.4, 0.5) is 17.6 Å². The number of halogens is 4. The highest BCUT2D eigenvalue weighted by Crippen LogP contribution is 2.48. The predicted molar refractivity (Wildman–Crippen MR) is 160 cm³/mol. The lowest BCUT2D eigenvalue weighted by molar-refractivity contribution is -0.137. The lowest BCUT2D eigenvalue weighted by atomic mass is 9.95. The molecule has 5 nitrogen and oxygen atoms in total. The van der Waals surface area contributed by atoms with E-state index in [1.807, 2.05) is 37.3 Å². The number of alkyl halides is 3. The van der Waals surface area contributed by atoms with Crippen LogP contribution < -0.4 is 0 Å². The van der Waals surface area contributed by atoms with Crippen molar-refractivity contribution in [3.05, 3.63) is 65.7 Å². The summed E-state index contributed by atoms with van der Waals surface area (Å²) in [4.78, 5) is 9.24. The molecule has 3 aromatic heterocycles. The highest BCUT2D eigenvalue weighted by Gasteiger charge is 2.44. The molecule has 3 heterocycles. The fourth-order valence-corrected chi connectivity index (χ4v) is 6.42. The van der Waals surface area contributed by atoms with Crippen LogP contribution >= 0.6 is 11.8 Å². The van der Waals surface area contributed by atoms with Crippen LogP contribution in [0.5, 0.6) is 0 Å². The quantitative estimate of drug-likeness (QED) is 0.0775. The van der Waals surface area contributed by atoms with E-state index in [-0.39, 0.29) is 28.9 Å². The average molecular weight is 613 g/mol. The Morgan fingerprint density at radius 3 is 2.38 bits per heavy atom. The summed E-state index contributed by atoms with van der Waals surface area (Å²) in [6, 6.07) is 13.9. The molecule has 0 N–H and O–H groups in total. The first-order valence-corrected chi connectivity index (χ1v) is 18.5. The fourth-order valence-electron chi connectivity index (χ4n) is 4.85. The van der Waals surface area contributed by atoms with Gasteiger partial charge in [0.05, 0.1) is 22.6 Å². The molecule has 0 radical (unpaired) electrons. The standard InChI is InChI=1S/C31H32F4N4OSSi/c1-5-41-25-14-21(20-6-8-22(9-7-20)30(18-36)10-11-30)16-37-28(25)29-26(32)27-24(15-23(17-38-27)31(33,34)35)39(29)19-40-12-13-42(2,3)4/h6-9,14-17H,5,10-13,19H2,1-4H3. The number of hydrogen-bond donors (Lipinski definition) is 0. The van der Waals surface area contributed by atoms with Crippen molar-refractivity contribution in [2.75, 3.05) is 12.4 Å². The van der Waals surface area contributed by atoms with Gasteiger partial charge in [0.2, 0.25) is 0 Å². The highest BCUT2D eigenvalue weighted by atomic mass is 32.2. The number of benzene rings is 1. The van der Waals surface area contributed by atoms with Crippen LogP contribution in [0.15, 0.2) is 53.7 Å². The molecule has 1 aliphatic carbocycles. The second-order valence-corrected chi connectivity index (χ2v) is 18.7. The Balaban J connectivity index is 1.59. The zero-order valence-electron chi connectivity index (χ0n) is 24.0. The minimum atomic E-state index is -4.63. The molecule has 0 saturated heterocycles. The summed E-state index contributed by atoms with van der Waals surface area (Å²) in [7, 11) is -1.43. The Bertz CT molecular complexity index is 1650. The zero-order chi connectivity index (χ0) is 30.3. The van der Waals surface area contributed by atoms with Crippen molar-refractivity contribution in [1.29, 1.82) is 5.26 Å². The van der Waals surface area contributed by atoms with Gasteiger partial charge in [0.15, 0.2) is 5.82 Å². The van der Waals surface area contributed by atoms with E-state index in [2.05, 4.69) is 35.7 Å². The molecule has 4 aromatic rings. The van der Waals surface area contributed by atoms with E-state index in [1.165, 1.54) is 16.3 Å². The molecular formula is C31H32F4N4OSSi. The first kappa shape index (κ1) is 30.3. The van der Waals surface area contributed by atoms with Gasteiger partial charge in [-0.3, -0.25) is 9.97 Å². The summed E-state index contributed by atoms with van der Waals surface area (Å²) in [5, 5.41) is 9.52. The molecule has 5 rings (SSSR count). The van der Waals surface area contributed by atoms with E-state index in [1.54, 1.807) is 6.20 Å². The first-order chi connectivity index (χ1) is 19.9. The lowest BCUT2D eigenvalue weighted by Crippen LogP contribution is -2.22. The van der Waals surface area contributed by atoms with E-state index < -0.39 is 25.6 Å². The molecule has 11 heteroatoms. The van der Waals surface area contributed by atoms with E-state index >= 15 is 4.39 Å². The molecule has 0 amide bonds. The fraction of sp³-hybridized carbons (Fsp3) is 0.387. The molecule has 0 bridgehead atoms. The Hall–Kier alpha value is -3.20. The maximum atomic E-state index is 16.1. The van der Waals surface area contributed by atoms with Gasteiger partial charge in [0.1, 0.15) is 23.6 Å². The third-order valence-corrected chi connectivity index (χ3v) is 10.1. The average Bonchev–Trinajstić information content (AvgIpc) is 3.70. The normalized spacial score (nSPS) is 14.7. The van der Waals surface area contributed by atoms with Gasteiger partial charge in [0, 0.05) is 37.5 Å². The van der Waals surface area contributed by atoms with Crippen LogP contribution in [0.3, 0.4) is 0 Å². The number of thioether (sulfide) groups is 1. The van der Waals surface area contributed by atoms with Crippen molar-refractivity contribution in [2.24, 2.45) is 0 Å². The van der Waals surface area contributed by atoms with Gasteiger partial charge in [-0.05, 0) is 47.9 Å². The van der Waals surface area contributed by atoms with Gasteiger partial charge in [-0.25, -0.2) is 4.39 Å². The Morgan fingerprint density at radius 2 is 1.79 bits per heavy atom. The van der Waals surface area contributed by atoms with E-state index in [4.69, 9.17) is 4.74 Å². The molecule has 1 saturated carbocycles. The predicted octanol–water partition coefficient (Wildman–Crippen LogP) is 8.90.